The maximum atomic E-state index is 11.2. The van der Waals surface area contributed by atoms with E-state index in [-0.39, 0.29) is 12.4 Å². The molecule has 0 aromatic carbocycles. The van der Waals surface area contributed by atoms with Crippen LogP contribution in [-0.2, 0) is 4.74 Å². The highest BCUT2D eigenvalue weighted by Crippen LogP contribution is 2.21. The number of carbonyl (C=O) groups is 1. The van der Waals surface area contributed by atoms with E-state index in [1.165, 1.54) is 7.11 Å². The van der Waals surface area contributed by atoms with Gasteiger partial charge in [-0.1, -0.05) is 0 Å². The number of aliphatic hydroxyl groups is 1. The highest BCUT2D eigenvalue weighted by atomic mass is 16.5. The van der Waals surface area contributed by atoms with E-state index in [2.05, 4.69) is 19.6 Å². The number of anilines is 1. The summed E-state index contributed by atoms with van der Waals surface area (Å²) in [6, 6.07) is 0. The average molecular weight is 251 g/mol. The molecule has 98 valence electrons. The van der Waals surface area contributed by atoms with Crippen molar-refractivity contribution >= 4 is 11.7 Å². The van der Waals surface area contributed by atoms with Crippen LogP contribution in [0.5, 0.6) is 0 Å². The quantitative estimate of drug-likeness (QED) is 0.787. The van der Waals surface area contributed by atoms with Crippen LogP contribution in [0.25, 0.3) is 0 Å². The first-order chi connectivity index (χ1) is 8.74. The largest absolute Gasteiger partial charge is 0.463 e. The Kier molecular flexibility index (Phi) is 4.09. The van der Waals surface area contributed by atoms with Gasteiger partial charge in [-0.15, -0.1) is 0 Å². The number of ether oxygens (including phenoxy) is 1. The fourth-order valence-electron chi connectivity index (χ4n) is 2.05. The summed E-state index contributed by atoms with van der Waals surface area (Å²) >= 11 is 0. The molecule has 0 spiro atoms. The van der Waals surface area contributed by atoms with Gasteiger partial charge in [-0.25, -0.2) is 14.8 Å². The summed E-state index contributed by atoms with van der Waals surface area (Å²) in [5, 5.41) is 9.08. The smallest absolute Gasteiger partial charge is 0.376 e. The molecule has 0 unspecified atom stereocenters. The predicted octanol–water partition coefficient (Wildman–Crippen LogP) is 0.472. The Bertz CT molecular complexity index is 400. The molecular formula is C12H17N3O3. The molecule has 1 saturated heterocycles. The van der Waals surface area contributed by atoms with Gasteiger partial charge in [0.05, 0.1) is 25.2 Å². The van der Waals surface area contributed by atoms with Crippen LogP contribution >= 0.6 is 0 Å². The SMILES string of the molecule is COC(=O)c1ncc(N2CCC(CO)CC2)cn1. The minimum Gasteiger partial charge on any atom is -0.463 e. The molecule has 1 aromatic rings. The van der Waals surface area contributed by atoms with Crippen molar-refractivity contribution in [1.29, 1.82) is 0 Å². The predicted molar refractivity (Wildman–Crippen MR) is 65.4 cm³/mol. The first kappa shape index (κ1) is 12.8. The van der Waals surface area contributed by atoms with Gasteiger partial charge in [-0.3, -0.25) is 0 Å². The molecule has 2 heterocycles. The van der Waals surface area contributed by atoms with Gasteiger partial charge in [0.1, 0.15) is 0 Å². The molecule has 18 heavy (non-hydrogen) atoms. The third kappa shape index (κ3) is 2.76. The monoisotopic (exact) mass is 251 g/mol. The average Bonchev–Trinajstić information content (AvgIpc) is 2.47. The molecule has 0 bridgehead atoms. The summed E-state index contributed by atoms with van der Waals surface area (Å²) in [6.45, 7) is 2.02. The number of aliphatic hydroxyl groups excluding tert-OH is 1. The summed E-state index contributed by atoms with van der Waals surface area (Å²) in [7, 11) is 1.30. The van der Waals surface area contributed by atoms with Crippen molar-refractivity contribution in [2.45, 2.75) is 12.8 Å². The third-order valence-corrected chi connectivity index (χ3v) is 3.24. The van der Waals surface area contributed by atoms with Gasteiger partial charge >= 0.3 is 5.97 Å². The summed E-state index contributed by atoms with van der Waals surface area (Å²) in [5.41, 5.74) is 0.902. The second-order valence-corrected chi connectivity index (χ2v) is 4.37. The zero-order valence-corrected chi connectivity index (χ0v) is 10.4. The van der Waals surface area contributed by atoms with E-state index in [4.69, 9.17) is 5.11 Å². The molecule has 0 saturated carbocycles. The maximum Gasteiger partial charge on any atom is 0.376 e. The first-order valence-corrected chi connectivity index (χ1v) is 6.00. The molecule has 0 atom stereocenters. The Balaban J connectivity index is 2.00. The van der Waals surface area contributed by atoms with Gasteiger partial charge in [0, 0.05) is 19.7 Å². The first-order valence-electron chi connectivity index (χ1n) is 6.00. The lowest BCUT2D eigenvalue weighted by molar-refractivity contribution is 0.0586. The Hall–Kier alpha value is -1.69. The summed E-state index contributed by atoms with van der Waals surface area (Å²) in [6.07, 6.45) is 5.21. The molecule has 1 aromatic heterocycles. The van der Waals surface area contributed by atoms with E-state index in [1.54, 1.807) is 12.4 Å². The third-order valence-electron chi connectivity index (χ3n) is 3.24. The van der Waals surface area contributed by atoms with Crippen LogP contribution in [0.1, 0.15) is 23.5 Å². The van der Waals surface area contributed by atoms with Gasteiger partial charge in [-0.2, -0.15) is 0 Å². The van der Waals surface area contributed by atoms with Gasteiger partial charge in [0.15, 0.2) is 0 Å². The number of methoxy groups -OCH3 is 1. The Morgan fingerprint density at radius 2 is 2.06 bits per heavy atom. The molecular weight excluding hydrogens is 234 g/mol. The molecule has 1 fully saturated rings. The molecule has 1 aliphatic heterocycles. The highest BCUT2D eigenvalue weighted by molar-refractivity contribution is 5.85. The van der Waals surface area contributed by atoms with E-state index in [0.29, 0.717) is 5.92 Å². The van der Waals surface area contributed by atoms with Crippen LogP contribution in [-0.4, -0.2) is 47.8 Å². The Morgan fingerprint density at radius 3 is 2.56 bits per heavy atom. The van der Waals surface area contributed by atoms with Crippen LogP contribution in [0, 0.1) is 5.92 Å². The van der Waals surface area contributed by atoms with Crippen molar-refractivity contribution in [3.63, 3.8) is 0 Å². The van der Waals surface area contributed by atoms with E-state index in [1.807, 2.05) is 0 Å². The molecule has 6 nitrogen and oxygen atoms in total. The van der Waals surface area contributed by atoms with Gasteiger partial charge < -0.3 is 14.7 Å². The zero-order chi connectivity index (χ0) is 13.0. The number of nitrogens with zero attached hydrogens (tertiary/aromatic N) is 3. The fourth-order valence-corrected chi connectivity index (χ4v) is 2.05. The molecule has 6 heteroatoms. The number of rotatable bonds is 3. The molecule has 0 aliphatic carbocycles. The normalized spacial score (nSPS) is 16.7. The maximum absolute atomic E-state index is 11.2. The number of hydrogen-bond donors (Lipinski definition) is 1. The number of piperidine rings is 1. The van der Waals surface area contributed by atoms with E-state index < -0.39 is 5.97 Å². The lowest BCUT2D eigenvalue weighted by atomic mass is 9.98. The highest BCUT2D eigenvalue weighted by Gasteiger charge is 2.19. The Labute approximate surface area is 106 Å². The van der Waals surface area contributed by atoms with Crippen molar-refractivity contribution < 1.29 is 14.6 Å². The lowest BCUT2D eigenvalue weighted by Gasteiger charge is -2.32. The number of aromatic nitrogens is 2. The van der Waals surface area contributed by atoms with Crippen LogP contribution in [0.2, 0.25) is 0 Å². The second-order valence-electron chi connectivity index (χ2n) is 4.37. The molecule has 0 amide bonds. The van der Waals surface area contributed by atoms with E-state index >= 15 is 0 Å². The summed E-state index contributed by atoms with van der Waals surface area (Å²) < 4.78 is 4.54. The Morgan fingerprint density at radius 1 is 1.44 bits per heavy atom. The van der Waals surface area contributed by atoms with Crippen molar-refractivity contribution in [2.75, 3.05) is 31.7 Å². The van der Waals surface area contributed by atoms with Gasteiger partial charge in [0.2, 0.25) is 5.82 Å². The van der Waals surface area contributed by atoms with Crippen LogP contribution in [0.15, 0.2) is 12.4 Å². The van der Waals surface area contributed by atoms with Crippen molar-refractivity contribution in [1.82, 2.24) is 9.97 Å². The minimum atomic E-state index is -0.527. The van der Waals surface area contributed by atoms with Gasteiger partial charge in [-0.05, 0) is 18.8 Å². The zero-order valence-electron chi connectivity index (χ0n) is 10.4. The number of hydrogen-bond acceptors (Lipinski definition) is 6. The lowest BCUT2D eigenvalue weighted by Crippen LogP contribution is -2.34. The van der Waals surface area contributed by atoms with Gasteiger partial charge in [0.25, 0.3) is 0 Å². The van der Waals surface area contributed by atoms with Crippen molar-refractivity contribution in [3.05, 3.63) is 18.2 Å². The number of esters is 1. The minimum absolute atomic E-state index is 0.0755. The van der Waals surface area contributed by atoms with Crippen molar-refractivity contribution in [3.8, 4) is 0 Å². The van der Waals surface area contributed by atoms with Crippen LogP contribution in [0.4, 0.5) is 5.69 Å². The van der Waals surface area contributed by atoms with E-state index in [9.17, 15) is 4.79 Å². The molecule has 1 aliphatic rings. The van der Waals surface area contributed by atoms with Crippen LogP contribution < -0.4 is 4.90 Å². The standard InChI is InChI=1S/C12H17N3O3/c1-18-12(17)11-13-6-10(7-14-11)15-4-2-9(8-16)3-5-15/h6-7,9,16H,2-5,8H2,1H3. The summed E-state index contributed by atoms with van der Waals surface area (Å²) in [5.74, 6) is -0.0523. The molecule has 0 radical (unpaired) electrons. The topological polar surface area (TPSA) is 75.5 Å². The molecule has 2 rings (SSSR count). The van der Waals surface area contributed by atoms with Crippen molar-refractivity contribution in [2.24, 2.45) is 5.92 Å². The number of carbonyl (C=O) groups excluding carboxylic acids is 1. The van der Waals surface area contributed by atoms with Crippen LogP contribution in [0.3, 0.4) is 0 Å². The van der Waals surface area contributed by atoms with E-state index in [0.717, 1.165) is 31.6 Å². The second kappa shape index (κ2) is 5.77. The fraction of sp³-hybridized carbons (Fsp3) is 0.583. The summed E-state index contributed by atoms with van der Waals surface area (Å²) in [4.78, 5) is 21.3. The molecule has 1 N–H and O–H groups in total.